The van der Waals surface area contributed by atoms with Gasteiger partial charge in [0.15, 0.2) is 5.78 Å². The average Bonchev–Trinajstić information content (AvgIpc) is 2.90. The second kappa shape index (κ2) is 9.59. The van der Waals surface area contributed by atoms with Gasteiger partial charge in [0, 0.05) is 31.6 Å². The molecule has 0 unspecified atom stereocenters. The molecule has 5 aliphatic rings. The Balaban J connectivity index is 1.61. The largest absolute Gasteiger partial charge is 0.299 e. The van der Waals surface area contributed by atoms with Crippen LogP contribution in [0.2, 0.25) is 0 Å². The zero-order valence-corrected chi connectivity index (χ0v) is 27.5. The maximum absolute atomic E-state index is 14.7. The highest BCUT2D eigenvalue weighted by Crippen LogP contribution is 2.75. The first-order valence-corrected chi connectivity index (χ1v) is 16.0. The number of nitrogens with zero attached hydrogens (tertiary/aromatic N) is 2. The third-order valence-electron chi connectivity index (χ3n) is 13.8. The van der Waals surface area contributed by atoms with Crippen LogP contribution in [-0.2, 0) is 24.0 Å². The van der Waals surface area contributed by atoms with Crippen molar-refractivity contribution in [3.05, 3.63) is 11.6 Å². The van der Waals surface area contributed by atoms with Crippen molar-refractivity contribution < 1.29 is 24.0 Å². The molecule has 5 rings (SSSR count). The van der Waals surface area contributed by atoms with Gasteiger partial charge in [-0.25, -0.2) is 0 Å². The lowest BCUT2D eigenvalue weighted by Crippen LogP contribution is -2.70. The third-order valence-corrected chi connectivity index (χ3v) is 13.8. The van der Waals surface area contributed by atoms with Crippen LogP contribution >= 0.6 is 0 Å². The number of imide groups is 1. The number of nitrogens with one attached hydrogen (secondary N) is 1. The van der Waals surface area contributed by atoms with E-state index in [2.05, 4.69) is 46.1 Å². The highest BCUT2D eigenvalue weighted by atomic mass is 16.2. The zero-order valence-electron chi connectivity index (χ0n) is 27.5. The Morgan fingerprint density at radius 3 is 2.07 bits per heavy atom. The fourth-order valence-electron chi connectivity index (χ4n) is 11.3. The van der Waals surface area contributed by atoms with Gasteiger partial charge in [-0.1, -0.05) is 54.5 Å². The lowest BCUT2D eigenvalue weighted by Gasteiger charge is -2.71. The minimum atomic E-state index is -0.851. The molecule has 5 aliphatic carbocycles. The molecule has 4 fully saturated rings. The minimum Gasteiger partial charge on any atom is -0.299 e. The molecule has 0 heterocycles. The van der Waals surface area contributed by atoms with Gasteiger partial charge in [0.25, 0.3) is 0 Å². The van der Waals surface area contributed by atoms with Crippen LogP contribution in [0.4, 0.5) is 0 Å². The number of ketones is 2. The summed E-state index contributed by atoms with van der Waals surface area (Å²) >= 11 is 0. The Morgan fingerprint density at radius 2 is 1.49 bits per heavy atom. The molecule has 234 valence electrons. The quantitative estimate of drug-likeness (QED) is 0.390. The van der Waals surface area contributed by atoms with Crippen molar-refractivity contribution in [2.75, 3.05) is 0 Å². The summed E-state index contributed by atoms with van der Waals surface area (Å²) < 4.78 is 0. The zero-order chi connectivity index (χ0) is 32.1. The molecular formula is C35H49N3O5. The van der Waals surface area contributed by atoms with E-state index < -0.39 is 33.5 Å². The van der Waals surface area contributed by atoms with E-state index in [4.69, 9.17) is 0 Å². The summed E-state index contributed by atoms with van der Waals surface area (Å²) in [6, 6.07) is 2.18. The fraction of sp³-hybridized carbons (Fsp3) is 0.771. The molecule has 1 N–H and O–H groups in total. The van der Waals surface area contributed by atoms with Crippen LogP contribution in [-0.4, -0.2) is 34.3 Å². The van der Waals surface area contributed by atoms with Gasteiger partial charge in [-0.3, -0.25) is 29.4 Å². The van der Waals surface area contributed by atoms with E-state index in [9.17, 15) is 29.2 Å². The second-order valence-electron chi connectivity index (χ2n) is 16.7. The van der Waals surface area contributed by atoms with E-state index in [1.54, 1.807) is 0 Å². The number of allylic oxidation sites excluding steroid dienone is 2. The molecule has 0 aromatic carbocycles. The van der Waals surface area contributed by atoms with Gasteiger partial charge in [0.2, 0.25) is 17.7 Å². The summed E-state index contributed by atoms with van der Waals surface area (Å²) in [6.45, 7) is 17.6. The van der Waals surface area contributed by atoms with Crippen LogP contribution in [0.25, 0.3) is 0 Å². The molecule has 8 nitrogen and oxygen atoms in total. The topological polar surface area (TPSA) is 124 Å². The summed E-state index contributed by atoms with van der Waals surface area (Å²) in [6.07, 6.45) is 7.37. The van der Waals surface area contributed by atoms with Crippen molar-refractivity contribution in [1.29, 1.82) is 5.26 Å². The standard InChI is InChI=1S/C35H49N3O5/c1-20(39)38(21(2)40)37-29(43)35-14-12-30(3,4)18-23(35)27-24(41)16-26-32(7)17-22(19-36)28(42)31(5,6)25(32)10-11-33(26,8)34(27,9)13-15-35/h17,23,25-27H,10-16,18H2,1-9H3,(H,37,43)/t23-,25-,26+,27-,32-,33+,34+,35-/m0/s1. The van der Waals surface area contributed by atoms with Crippen LogP contribution < -0.4 is 5.43 Å². The third kappa shape index (κ3) is 4.15. The van der Waals surface area contributed by atoms with E-state index >= 15 is 0 Å². The van der Waals surface area contributed by atoms with Crippen molar-refractivity contribution in [1.82, 2.24) is 10.4 Å². The van der Waals surface area contributed by atoms with Crippen LogP contribution in [0, 0.1) is 67.5 Å². The fourth-order valence-corrected chi connectivity index (χ4v) is 11.3. The molecule has 0 aromatic heterocycles. The Labute approximate surface area is 256 Å². The molecule has 8 atom stereocenters. The van der Waals surface area contributed by atoms with Gasteiger partial charge in [0.1, 0.15) is 11.9 Å². The first-order chi connectivity index (χ1) is 19.7. The molecule has 0 radical (unpaired) electrons. The van der Waals surface area contributed by atoms with Crippen LogP contribution in [0.15, 0.2) is 11.6 Å². The van der Waals surface area contributed by atoms with Crippen molar-refractivity contribution in [3.63, 3.8) is 0 Å². The van der Waals surface area contributed by atoms with Gasteiger partial charge in [-0.15, -0.1) is 0 Å². The molecule has 43 heavy (non-hydrogen) atoms. The molecule has 0 saturated heterocycles. The summed E-state index contributed by atoms with van der Waals surface area (Å²) in [5.41, 5.74) is 0.149. The average molecular weight is 592 g/mol. The lowest BCUT2D eigenvalue weighted by atomic mass is 9.31. The Kier molecular flexibility index (Phi) is 7.05. The van der Waals surface area contributed by atoms with Gasteiger partial charge in [-0.2, -0.15) is 10.3 Å². The Bertz CT molecular complexity index is 1370. The van der Waals surface area contributed by atoms with E-state index in [1.807, 2.05) is 19.9 Å². The molecule has 0 bridgehead atoms. The Morgan fingerprint density at radius 1 is 0.884 bits per heavy atom. The number of Topliss-reactive ketones (excluding diaryl/α,β-unsaturated/α-hetero) is 2. The van der Waals surface area contributed by atoms with Crippen molar-refractivity contribution in [3.8, 4) is 6.07 Å². The first-order valence-electron chi connectivity index (χ1n) is 16.0. The number of hydrogen-bond acceptors (Lipinski definition) is 6. The molecule has 0 spiro atoms. The second-order valence-corrected chi connectivity index (χ2v) is 16.7. The van der Waals surface area contributed by atoms with Crippen LogP contribution in [0.3, 0.4) is 0 Å². The van der Waals surface area contributed by atoms with E-state index in [0.717, 1.165) is 24.3 Å². The van der Waals surface area contributed by atoms with E-state index in [1.165, 1.54) is 13.8 Å². The highest BCUT2D eigenvalue weighted by Gasteiger charge is 2.73. The maximum Gasteiger partial charge on any atom is 0.245 e. The minimum absolute atomic E-state index is 0.0295. The van der Waals surface area contributed by atoms with Crippen molar-refractivity contribution in [2.24, 2.45) is 56.2 Å². The number of fused-ring (bicyclic) bond motifs is 7. The lowest BCUT2D eigenvalue weighted by molar-refractivity contribution is -0.222. The van der Waals surface area contributed by atoms with Gasteiger partial charge in [0.05, 0.1) is 11.0 Å². The number of carbonyl (C=O) groups is 5. The smallest absolute Gasteiger partial charge is 0.245 e. The monoisotopic (exact) mass is 591 g/mol. The van der Waals surface area contributed by atoms with Crippen LogP contribution in [0.5, 0.6) is 0 Å². The normalized spacial score (nSPS) is 42.6. The van der Waals surface area contributed by atoms with E-state index in [-0.39, 0.29) is 57.5 Å². The van der Waals surface area contributed by atoms with E-state index in [0.29, 0.717) is 32.1 Å². The predicted molar refractivity (Wildman–Crippen MR) is 160 cm³/mol. The Hall–Kier alpha value is -2.82. The molecule has 4 saturated carbocycles. The number of nitriles is 1. The predicted octanol–water partition coefficient (Wildman–Crippen LogP) is 5.71. The number of hydrazine groups is 1. The first kappa shape index (κ1) is 31.6. The molecule has 8 heteroatoms. The summed E-state index contributed by atoms with van der Waals surface area (Å²) in [5.74, 6) is -1.91. The highest BCUT2D eigenvalue weighted by molar-refractivity contribution is 6.04. The van der Waals surface area contributed by atoms with Gasteiger partial charge in [-0.05, 0) is 84.4 Å². The SMILES string of the molecule is CC(=O)N(NC(=O)[C@]12CCC(C)(C)C[C@H]1[C@H]1C(=O)C[C@@H]3[C@@]4(C)C=C(C#N)C(=O)C(C)(C)[C@@H]4CC[C@@]3(C)[C@]1(C)CC2)C(C)=O. The number of hydrogen-bond donors (Lipinski definition) is 1. The van der Waals surface area contributed by atoms with Crippen molar-refractivity contribution in [2.45, 2.75) is 114 Å². The van der Waals surface area contributed by atoms with Crippen LogP contribution in [0.1, 0.15) is 114 Å². The number of rotatable bonds is 1. The van der Waals surface area contributed by atoms with Gasteiger partial charge < -0.3 is 0 Å². The number of carbonyl (C=O) groups excluding carboxylic acids is 5. The summed E-state index contributed by atoms with van der Waals surface area (Å²) in [7, 11) is 0. The van der Waals surface area contributed by atoms with Gasteiger partial charge >= 0.3 is 0 Å². The molecule has 0 aromatic rings. The molecule has 0 aliphatic heterocycles. The molecular weight excluding hydrogens is 542 g/mol. The molecule has 3 amide bonds. The number of amides is 3. The summed E-state index contributed by atoms with van der Waals surface area (Å²) in [5, 5.41) is 10.7. The summed E-state index contributed by atoms with van der Waals surface area (Å²) in [4.78, 5) is 66.7. The maximum atomic E-state index is 14.7. The van der Waals surface area contributed by atoms with Crippen molar-refractivity contribution >= 4 is 29.3 Å².